The number of carbonyl (C=O) groups is 3. The van der Waals surface area contributed by atoms with Crippen LogP contribution in [0.4, 0.5) is 0 Å². The number of ether oxygens (including phenoxy) is 2. The monoisotopic (exact) mass is 309 g/mol. The van der Waals surface area contributed by atoms with E-state index in [9.17, 15) is 14.4 Å². The summed E-state index contributed by atoms with van der Waals surface area (Å²) in [5, 5.41) is 0. The molecule has 0 aliphatic carbocycles. The number of methoxy groups -OCH3 is 2. The summed E-state index contributed by atoms with van der Waals surface area (Å²) in [4.78, 5) is 39.5. The van der Waals surface area contributed by atoms with Crippen LogP contribution >= 0.6 is 0 Å². The highest BCUT2D eigenvalue weighted by molar-refractivity contribution is 6.10. The Morgan fingerprint density at radius 2 is 1.36 bits per heavy atom. The molecule has 6 nitrogen and oxygen atoms in total. The van der Waals surface area contributed by atoms with Gasteiger partial charge in [0.2, 0.25) is 0 Å². The fraction of sp³-hybridized carbons (Fsp3) is 0.812. The lowest BCUT2D eigenvalue weighted by molar-refractivity contribution is -0.174. The van der Waals surface area contributed by atoms with E-state index in [0.717, 1.165) is 38.5 Å². The van der Waals surface area contributed by atoms with Gasteiger partial charge in [0, 0.05) is 18.1 Å². The van der Waals surface area contributed by atoms with Crippen LogP contribution in [0.3, 0.4) is 0 Å². The maximum Gasteiger partial charge on any atom is 0.317 e. The number of Topliss-reactive ketones (excluding diaryl/α,β-unsaturated/α-hetero) is 1. The van der Waals surface area contributed by atoms with Gasteiger partial charge in [0.1, 0.15) is 11.8 Å². The molecule has 0 radical (unpaired) electrons. The van der Waals surface area contributed by atoms with E-state index < -0.39 is 23.8 Å². The molecular formula is C16H23NO5. The largest absolute Gasteiger partial charge is 0.468 e. The van der Waals surface area contributed by atoms with Gasteiger partial charge in [-0.3, -0.25) is 19.3 Å². The Hall–Kier alpha value is -1.43. The third-order valence-corrected chi connectivity index (χ3v) is 5.55. The molecule has 0 aromatic heterocycles. The van der Waals surface area contributed by atoms with Crippen molar-refractivity contribution in [1.29, 1.82) is 0 Å². The van der Waals surface area contributed by atoms with Crippen molar-refractivity contribution in [3.8, 4) is 0 Å². The summed E-state index contributed by atoms with van der Waals surface area (Å²) in [6.45, 7) is 0. The first kappa shape index (κ1) is 15.5. The molecule has 0 aromatic rings. The molecule has 0 unspecified atom stereocenters. The van der Waals surface area contributed by atoms with E-state index in [1.807, 2.05) is 0 Å². The van der Waals surface area contributed by atoms with Crippen LogP contribution in [0.1, 0.15) is 38.5 Å². The van der Waals surface area contributed by atoms with Gasteiger partial charge in [-0.1, -0.05) is 12.8 Å². The predicted molar refractivity (Wildman–Crippen MR) is 76.9 cm³/mol. The summed E-state index contributed by atoms with van der Waals surface area (Å²) in [7, 11) is 2.59. The minimum absolute atomic E-state index is 0.120. The Morgan fingerprint density at radius 3 is 1.77 bits per heavy atom. The summed E-state index contributed by atoms with van der Waals surface area (Å²) in [5.41, 5.74) is 0. The van der Waals surface area contributed by atoms with Crippen LogP contribution in [0.5, 0.6) is 0 Å². The topological polar surface area (TPSA) is 72.9 Å². The maximum absolute atomic E-state index is 12.9. The molecule has 0 N–H and O–H groups in total. The Kier molecular flexibility index (Phi) is 4.21. The van der Waals surface area contributed by atoms with E-state index in [2.05, 4.69) is 4.90 Å². The standard InChI is InChI=1S/C16H23NO5/c1-21-15(19)12-10-7-3-5-9-6-4-8-11(17(9)10)13(14(12)18)16(20)22-2/h9-13H,3-8H2,1-2H3/t10-,11-,12-,13-/m0/s1. The minimum atomic E-state index is -0.855. The van der Waals surface area contributed by atoms with Crippen LogP contribution in [0.2, 0.25) is 0 Å². The third-order valence-electron chi connectivity index (χ3n) is 5.55. The minimum Gasteiger partial charge on any atom is -0.468 e. The first-order valence-electron chi connectivity index (χ1n) is 8.07. The normalized spacial score (nSPS) is 38.1. The van der Waals surface area contributed by atoms with Gasteiger partial charge < -0.3 is 9.47 Å². The smallest absolute Gasteiger partial charge is 0.317 e. The van der Waals surface area contributed by atoms with Crippen molar-refractivity contribution in [3.63, 3.8) is 0 Å². The molecule has 3 aliphatic heterocycles. The molecule has 0 saturated carbocycles. The van der Waals surface area contributed by atoms with Crippen molar-refractivity contribution in [2.75, 3.05) is 14.2 Å². The zero-order chi connectivity index (χ0) is 15.9. The molecule has 0 aromatic carbocycles. The molecule has 0 bridgehead atoms. The van der Waals surface area contributed by atoms with Crippen molar-refractivity contribution >= 4 is 17.7 Å². The summed E-state index contributed by atoms with van der Waals surface area (Å²) in [5.74, 6) is -3.06. The summed E-state index contributed by atoms with van der Waals surface area (Å²) in [6, 6.07) is 0.125. The molecule has 3 fully saturated rings. The van der Waals surface area contributed by atoms with Crippen molar-refractivity contribution in [2.24, 2.45) is 11.8 Å². The number of rotatable bonds is 2. The Bertz CT molecular complexity index is 451. The van der Waals surface area contributed by atoms with Crippen LogP contribution in [0, 0.1) is 11.8 Å². The second kappa shape index (κ2) is 5.99. The number of carbonyl (C=O) groups excluding carboxylic acids is 3. The lowest BCUT2D eigenvalue weighted by Gasteiger charge is -2.55. The fourth-order valence-corrected chi connectivity index (χ4v) is 4.70. The van der Waals surface area contributed by atoms with Crippen LogP contribution < -0.4 is 0 Å². The molecule has 0 spiro atoms. The summed E-state index contributed by atoms with van der Waals surface area (Å²) in [6.07, 6.45) is 5.80. The lowest BCUT2D eigenvalue weighted by atomic mass is 9.69. The highest BCUT2D eigenvalue weighted by Gasteiger charge is 2.57. The quantitative estimate of drug-likeness (QED) is 0.558. The number of hydrogen-bond acceptors (Lipinski definition) is 6. The SMILES string of the molecule is COC(=O)[C@@H]1C(=O)[C@@H](C(=O)OC)[C@@H]2CCCC3CCC[C@@H]1N32. The molecule has 6 heteroatoms. The predicted octanol–water partition coefficient (Wildman–Crippen LogP) is 0.923. The van der Waals surface area contributed by atoms with Gasteiger partial charge >= 0.3 is 11.9 Å². The van der Waals surface area contributed by atoms with Crippen molar-refractivity contribution < 1.29 is 23.9 Å². The Morgan fingerprint density at radius 1 is 0.909 bits per heavy atom. The molecule has 122 valence electrons. The highest BCUT2D eigenvalue weighted by Crippen LogP contribution is 2.44. The van der Waals surface area contributed by atoms with Gasteiger partial charge in [0.05, 0.1) is 14.2 Å². The van der Waals surface area contributed by atoms with E-state index in [-0.39, 0.29) is 17.9 Å². The van der Waals surface area contributed by atoms with Crippen LogP contribution in [-0.2, 0) is 23.9 Å². The van der Waals surface area contributed by atoms with Gasteiger partial charge in [-0.05, 0) is 25.7 Å². The van der Waals surface area contributed by atoms with Crippen LogP contribution in [0.15, 0.2) is 0 Å². The van der Waals surface area contributed by atoms with E-state index >= 15 is 0 Å². The van der Waals surface area contributed by atoms with Crippen molar-refractivity contribution in [2.45, 2.75) is 56.7 Å². The maximum atomic E-state index is 12.9. The van der Waals surface area contributed by atoms with E-state index in [1.165, 1.54) is 14.2 Å². The van der Waals surface area contributed by atoms with E-state index in [0.29, 0.717) is 6.04 Å². The van der Waals surface area contributed by atoms with Gasteiger partial charge in [-0.25, -0.2) is 0 Å². The van der Waals surface area contributed by atoms with Gasteiger partial charge in [0.15, 0.2) is 5.78 Å². The second-order valence-electron chi connectivity index (χ2n) is 6.50. The highest BCUT2D eigenvalue weighted by atomic mass is 16.5. The number of nitrogens with zero attached hydrogens (tertiary/aromatic N) is 1. The molecule has 3 aliphatic rings. The first-order chi connectivity index (χ1) is 10.6. The molecule has 3 heterocycles. The molecule has 0 amide bonds. The van der Waals surface area contributed by atoms with E-state index in [1.54, 1.807) is 0 Å². The van der Waals surface area contributed by atoms with E-state index in [4.69, 9.17) is 9.47 Å². The number of hydrogen-bond donors (Lipinski definition) is 0. The van der Waals surface area contributed by atoms with Crippen LogP contribution in [0.25, 0.3) is 0 Å². The van der Waals surface area contributed by atoms with Crippen LogP contribution in [-0.4, -0.2) is 55.0 Å². The number of esters is 2. The van der Waals surface area contributed by atoms with Crippen molar-refractivity contribution in [1.82, 2.24) is 4.90 Å². The Labute approximate surface area is 130 Å². The molecule has 3 rings (SSSR count). The van der Waals surface area contributed by atoms with Gasteiger partial charge in [-0.2, -0.15) is 0 Å². The summed E-state index contributed by atoms with van der Waals surface area (Å²) >= 11 is 0. The Balaban J connectivity index is 2.01. The lowest BCUT2D eigenvalue weighted by Crippen LogP contribution is -2.68. The average molecular weight is 309 g/mol. The number of ketones is 1. The first-order valence-corrected chi connectivity index (χ1v) is 8.07. The number of piperidine rings is 3. The fourth-order valence-electron chi connectivity index (χ4n) is 4.70. The summed E-state index contributed by atoms with van der Waals surface area (Å²) < 4.78 is 9.71. The molecular weight excluding hydrogens is 286 g/mol. The zero-order valence-corrected chi connectivity index (χ0v) is 13.1. The van der Waals surface area contributed by atoms with Gasteiger partial charge in [0.25, 0.3) is 0 Å². The molecule has 4 atom stereocenters. The third kappa shape index (κ3) is 2.24. The average Bonchev–Trinajstić information content (AvgIpc) is 2.54. The molecule has 22 heavy (non-hydrogen) atoms. The second-order valence-corrected chi connectivity index (χ2v) is 6.50. The zero-order valence-electron chi connectivity index (χ0n) is 13.1. The van der Waals surface area contributed by atoms with Gasteiger partial charge in [-0.15, -0.1) is 0 Å². The molecule has 3 saturated heterocycles. The van der Waals surface area contributed by atoms with Crippen molar-refractivity contribution in [3.05, 3.63) is 0 Å².